The summed E-state index contributed by atoms with van der Waals surface area (Å²) in [5, 5.41) is 1.58. The normalized spacial score (nSPS) is 15.8. The van der Waals surface area contributed by atoms with Gasteiger partial charge in [-0.1, -0.05) is 71.7 Å². The van der Waals surface area contributed by atoms with Gasteiger partial charge in [-0.15, -0.1) is 0 Å². The first-order valence-corrected chi connectivity index (χ1v) is 8.41. The number of rotatable bonds is 5. The average molecular weight is 255 g/mol. The van der Waals surface area contributed by atoms with Gasteiger partial charge in [0.05, 0.1) is 9.52 Å². The molecule has 0 unspecified atom stereocenters. The van der Waals surface area contributed by atoms with Gasteiger partial charge in [0, 0.05) is 5.54 Å². The lowest BCUT2D eigenvalue weighted by atomic mass is 10.1. The van der Waals surface area contributed by atoms with E-state index in [1.165, 1.54) is 30.4 Å². The molecule has 18 heavy (non-hydrogen) atoms. The highest BCUT2D eigenvalue weighted by Crippen LogP contribution is 2.25. The lowest BCUT2D eigenvalue weighted by Crippen LogP contribution is -2.22. The molecular formula is C17H23Si. The summed E-state index contributed by atoms with van der Waals surface area (Å²) in [5.41, 5.74) is 6.05. The molecular weight excluding hydrogens is 232 g/mol. The predicted octanol–water partition coefficient (Wildman–Crippen LogP) is 3.32. The molecule has 0 aliphatic heterocycles. The van der Waals surface area contributed by atoms with Crippen LogP contribution >= 0.6 is 0 Å². The monoisotopic (exact) mass is 255 g/mol. The van der Waals surface area contributed by atoms with Crippen LogP contribution in [0.3, 0.4) is 0 Å². The highest BCUT2D eigenvalue weighted by molar-refractivity contribution is 6.61. The van der Waals surface area contributed by atoms with E-state index < -0.39 is 0 Å². The maximum absolute atomic E-state index is 2.37. The molecule has 1 aliphatic rings. The lowest BCUT2D eigenvalue weighted by Gasteiger charge is -2.13. The summed E-state index contributed by atoms with van der Waals surface area (Å²) < 4.78 is 0. The van der Waals surface area contributed by atoms with E-state index in [1.54, 1.807) is 16.3 Å². The predicted molar refractivity (Wildman–Crippen MR) is 84.1 cm³/mol. The van der Waals surface area contributed by atoms with Crippen LogP contribution < -0.4 is 5.19 Å². The Morgan fingerprint density at radius 3 is 2.44 bits per heavy atom. The first kappa shape index (κ1) is 13.4. The maximum Gasteiger partial charge on any atom is 0.0717 e. The van der Waals surface area contributed by atoms with E-state index in [9.17, 15) is 0 Å². The molecule has 2 rings (SSSR count). The van der Waals surface area contributed by atoms with Gasteiger partial charge in [0.15, 0.2) is 0 Å². The number of hydrogen-bond acceptors (Lipinski definition) is 0. The number of allylic oxidation sites excluding steroid dienone is 4. The third-order valence-electron chi connectivity index (χ3n) is 3.48. The zero-order valence-corrected chi connectivity index (χ0v) is 13.2. The molecule has 0 aromatic heterocycles. The summed E-state index contributed by atoms with van der Waals surface area (Å²) >= 11 is 0. The zero-order valence-electron chi connectivity index (χ0n) is 11.8. The number of unbranched alkanes of at least 4 members (excludes halogenated alkanes) is 1. The van der Waals surface area contributed by atoms with Crippen molar-refractivity contribution in [2.75, 3.05) is 0 Å². The van der Waals surface area contributed by atoms with E-state index in [0.717, 1.165) is 0 Å². The quantitative estimate of drug-likeness (QED) is 0.708. The highest BCUT2D eigenvalue weighted by Gasteiger charge is 2.16. The lowest BCUT2D eigenvalue weighted by molar-refractivity contribution is 0.792. The van der Waals surface area contributed by atoms with Crippen molar-refractivity contribution in [3.8, 4) is 0 Å². The SMILES string of the molecule is CCCCC1=CC=C[C]1[SiH2]c1cc(C)cc(C)c1. The van der Waals surface area contributed by atoms with E-state index in [-0.39, 0.29) is 9.52 Å². The maximum atomic E-state index is 2.37. The number of hydrogen-bond donors (Lipinski definition) is 0. The van der Waals surface area contributed by atoms with E-state index in [1.807, 2.05) is 0 Å². The largest absolute Gasteiger partial charge is 0.0764 e. The second kappa shape index (κ2) is 6.19. The molecule has 0 atom stereocenters. The third-order valence-corrected chi connectivity index (χ3v) is 5.37. The fraction of sp³-hybridized carbons (Fsp3) is 0.353. The Bertz CT molecular complexity index is 448. The van der Waals surface area contributed by atoms with E-state index in [0.29, 0.717) is 0 Å². The number of aryl methyl sites for hydroxylation is 2. The van der Waals surface area contributed by atoms with E-state index in [4.69, 9.17) is 0 Å². The van der Waals surface area contributed by atoms with Gasteiger partial charge in [-0.3, -0.25) is 0 Å². The molecule has 0 nitrogen and oxygen atoms in total. The van der Waals surface area contributed by atoms with Crippen molar-refractivity contribution in [1.29, 1.82) is 0 Å². The van der Waals surface area contributed by atoms with Crippen LogP contribution in [-0.4, -0.2) is 9.52 Å². The Morgan fingerprint density at radius 1 is 1.06 bits per heavy atom. The van der Waals surface area contributed by atoms with Gasteiger partial charge >= 0.3 is 0 Å². The summed E-state index contributed by atoms with van der Waals surface area (Å²) in [6, 6.07) is 7.01. The molecule has 1 aliphatic carbocycles. The Morgan fingerprint density at radius 2 is 1.78 bits per heavy atom. The molecule has 0 saturated heterocycles. The van der Waals surface area contributed by atoms with Crippen molar-refractivity contribution >= 4 is 14.7 Å². The fourth-order valence-electron chi connectivity index (χ4n) is 2.67. The van der Waals surface area contributed by atoms with Crippen LogP contribution in [0, 0.1) is 19.4 Å². The minimum Gasteiger partial charge on any atom is -0.0764 e. The Hall–Kier alpha value is -1.08. The van der Waals surface area contributed by atoms with Crippen LogP contribution in [0.25, 0.3) is 0 Å². The molecule has 1 aromatic rings. The highest BCUT2D eigenvalue weighted by atomic mass is 28.2. The molecule has 1 heteroatoms. The number of benzene rings is 1. The minimum atomic E-state index is -0.292. The molecule has 0 heterocycles. The molecule has 0 spiro atoms. The molecule has 0 saturated carbocycles. The zero-order chi connectivity index (χ0) is 13.0. The second-order valence-electron chi connectivity index (χ2n) is 5.35. The first-order chi connectivity index (χ1) is 8.69. The van der Waals surface area contributed by atoms with Crippen molar-refractivity contribution in [2.24, 2.45) is 0 Å². The summed E-state index contributed by atoms with van der Waals surface area (Å²) in [6.07, 6.45) is 10.8. The van der Waals surface area contributed by atoms with Gasteiger partial charge < -0.3 is 0 Å². The van der Waals surface area contributed by atoms with Gasteiger partial charge in [0.2, 0.25) is 0 Å². The first-order valence-electron chi connectivity index (χ1n) is 6.99. The Balaban J connectivity index is 2.04. The van der Waals surface area contributed by atoms with Gasteiger partial charge in [-0.05, 0) is 26.7 Å². The van der Waals surface area contributed by atoms with Gasteiger partial charge in [0.25, 0.3) is 0 Å². The van der Waals surface area contributed by atoms with Crippen LogP contribution in [0.5, 0.6) is 0 Å². The molecule has 0 fully saturated rings. The van der Waals surface area contributed by atoms with Crippen molar-refractivity contribution < 1.29 is 0 Å². The summed E-state index contributed by atoms with van der Waals surface area (Å²) in [4.78, 5) is 0. The summed E-state index contributed by atoms with van der Waals surface area (Å²) in [7, 11) is -0.292. The van der Waals surface area contributed by atoms with Crippen LogP contribution in [-0.2, 0) is 0 Å². The molecule has 0 bridgehead atoms. The third kappa shape index (κ3) is 3.46. The smallest absolute Gasteiger partial charge is 0.0717 e. The fourth-order valence-corrected chi connectivity index (χ4v) is 4.73. The minimum absolute atomic E-state index is 0.292. The molecule has 1 radical (unpaired) electrons. The summed E-state index contributed by atoms with van der Waals surface area (Å²) in [6.45, 7) is 6.67. The van der Waals surface area contributed by atoms with Crippen LogP contribution in [0.15, 0.2) is 42.0 Å². The van der Waals surface area contributed by atoms with Gasteiger partial charge in [0.1, 0.15) is 0 Å². The van der Waals surface area contributed by atoms with E-state index in [2.05, 4.69) is 57.2 Å². The average Bonchev–Trinajstić information content (AvgIpc) is 2.72. The Kier molecular flexibility index (Phi) is 4.59. The van der Waals surface area contributed by atoms with Crippen molar-refractivity contribution in [2.45, 2.75) is 40.0 Å². The van der Waals surface area contributed by atoms with Crippen molar-refractivity contribution in [1.82, 2.24) is 0 Å². The van der Waals surface area contributed by atoms with Crippen molar-refractivity contribution in [3.63, 3.8) is 0 Å². The molecule has 1 aromatic carbocycles. The van der Waals surface area contributed by atoms with Crippen LogP contribution in [0.2, 0.25) is 0 Å². The Labute approximate surface area is 114 Å². The van der Waals surface area contributed by atoms with Crippen molar-refractivity contribution in [3.05, 3.63) is 58.7 Å². The standard InChI is InChI=1S/C17H23Si/c1-4-5-7-15-8-6-9-17(15)18-16-11-13(2)10-14(3)12-16/h6,8-12H,4-5,7,18H2,1-3H3. The molecule has 0 amide bonds. The van der Waals surface area contributed by atoms with Crippen LogP contribution in [0.4, 0.5) is 0 Å². The van der Waals surface area contributed by atoms with Gasteiger partial charge in [-0.25, -0.2) is 0 Å². The second-order valence-corrected chi connectivity index (χ2v) is 7.28. The topological polar surface area (TPSA) is 0 Å². The van der Waals surface area contributed by atoms with Gasteiger partial charge in [-0.2, -0.15) is 0 Å². The molecule has 0 N–H and O–H groups in total. The summed E-state index contributed by atoms with van der Waals surface area (Å²) in [5.74, 6) is 0. The molecule has 95 valence electrons. The van der Waals surface area contributed by atoms with E-state index >= 15 is 0 Å². The van der Waals surface area contributed by atoms with Crippen LogP contribution in [0.1, 0.15) is 37.3 Å².